The van der Waals surface area contributed by atoms with Crippen molar-refractivity contribution in [1.82, 2.24) is 9.97 Å². The van der Waals surface area contributed by atoms with E-state index in [1.807, 2.05) is 17.5 Å². The van der Waals surface area contributed by atoms with Gasteiger partial charge in [0, 0.05) is 10.9 Å². The minimum Gasteiger partial charge on any atom is -0.479 e. The second kappa shape index (κ2) is 7.18. The molecule has 122 valence electrons. The van der Waals surface area contributed by atoms with Crippen molar-refractivity contribution in [2.75, 3.05) is 0 Å². The summed E-state index contributed by atoms with van der Waals surface area (Å²) >= 11 is 1.52. The number of ether oxygens (including phenoxy) is 1. The van der Waals surface area contributed by atoms with Gasteiger partial charge in [-0.05, 0) is 34.0 Å². The van der Waals surface area contributed by atoms with E-state index in [0.717, 1.165) is 22.7 Å². The van der Waals surface area contributed by atoms with Gasteiger partial charge in [0.1, 0.15) is 17.8 Å². The fourth-order valence-corrected chi connectivity index (χ4v) is 2.98. The summed E-state index contributed by atoms with van der Waals surface area (Å²) in [5.41, 5.74) is 3.06. The van der Waals surface area contributed by atoms with Crippen LogP contribution in [0.25, 0.3) is 10.6 Å². The third-order valence-electron chi connectivity index (χ3n) is 3.46. The molecular weight excluding hydrogens is 326 g/mol. The molecule has 0 spiro atoms. The molecule has 0 unspecified atom stereocenters. The molecule has 7 heteroatoms. The predicted octanol–water partition coefficient (Wildman–Crippen LogP) is 4.25. The second-order valence-electron chi connectivity index (χ2n) is 5.07. The first-order valence-electron chi connectivity index (χ1n) is 7.43. The molecule has 0 aliphatic heterocycles. The fraction of sp³-hybridized carbons (Fsp3) is 0.176. The smallest absolute Gasteiger partial charge is 0.406 e. The van der Waals surface area contributed by atoms with Gasteiger partial charge in [-0.3, -0.25) is 0 Å². The van der Waals surface area contributed by atoms with E-state index < -0.39 is 4.92 Å². The van der Waals surface area contributed by atoms with E-state index in [9.17, 15) is 10.1 Å². The fourth-order valence-electron chi connectivity index (χ4n) is 2.17. The van der Waals surface area contributed by atoms with Crippen molar-refractivity contribution in [2.24, 2.45) is 0 Å². The van der Waals surface area contributed by atoms with Crippen LogP contribution in [0.4, 0.5) is 5.82 Å². The van der Waals surface area contributed by atoms with Gasteiger partial charge in [-0.15, -0.1) is 11.3 Å². The van der Waals surface area contributed by atoms with Gasteiger partial charge in [-0.25, -0.2) is 4.98 Å². The van der Waals surface area contributed by atoms with Crippen molar-refractivity contribution in [1.29, 1.82) is 0 Å². The number of aromatic nitrogens is 2. The highest BCUT2D eigenvalue weighted by Gasteiger charge is 2.16. The Labute approximate surface area is 142 Å². The number of rotatable bonds is 6. The summed E-state index contributed by atoms with van der Waals surface area (Å²) in [5.74, 6) is -0.146. The first kappa shape index (κ1) is 16.1. The maximum Gasteiger partial charge on any atom is 0.406 e. The largest absolute Gasteiger partial charge is 0.479 e. The zero-order chi connectivity index (χ0) is 16.9. The first-order valence-corrected chi connectivity index (χ1v) is 8.31. The molecule has 0 aliphatic rings. The minimum absolute atomic E-state index is 0.143. The molecule has 3 rings (SSSR count). The highest BCUT2D eigenvalue weighted by Crippen LogP contribution is 2.27. The van der Waals surface area contributed by atoms with Gasteiger partial charge in [-0.1, -0.05) is 31.2 Å². The normalized spacial score (nSPS) is 10.5. The van der Waals surface area contributed by atoms with Crippen molar-refractivity contribution < 1.29 is 9.66 Å². The van der Waals surface area contributed by atoms with Crippen molar-refractivity contribution >= 4 is 17.2 Å². The Balaban J connectivity index is 1.71. The van der Waals surface area contributed by atoms with Crippen LogP contribution in [-0.2, 0) is 13.0 Å². The molecule has 0 fully saturated rings. The first-order chi connectivity index (χ1) is 11.7. The zero-order valence-electron chi connectivity index (χ0n) is 13.0. The number of nitro groups is 1. The number of hydrogen-bond donors (Lipinski definition) is 0. The van der Waals surface area contributed by atoms with Crippen molar-refractivity contribution in [3.05, 3.63) is 69.3 Å². The standard InChI is InChI=1S/C17H15N3O3S/c1-2-12-5-7-13(8-6-12)17-19-14(11-24-17)10-23-15-4-3-9-18-16(15)20(21)22/h3-9,11H,2,10H2,1H3. The number of hydrogen-bond acceptors (Lipinski definition) is 6. The van der Waals surface area contributed by atoms with Gasteiger partial charge in [0.15, 0.2) is 0 Å². The molecule has 0 saturated carbocycles. The van der Waals surface area contributed by atoms with Gasteiger partial charge in [0.2, 0.25) is 5.75 Å². The van der Waals surface area contributed by atoms with Gasteiger partial charge < -0.3 is 14.9 Å². The van der Waals surface area contributed by atoms with Crippen molar-refractivity contribution in [3.63, 3.8) is 0 Å². The average molecular weight is 341 g/mol. The Kier molecular flexibility index (Phi) is 4.81. The quantitative estimate of drug-likeness (QED) is 0.494. The predicted molar refractivity (Wildman–Crippen MR) is 92.2 cm³/mol. The zero-order valence-corrected chi connectivity index (χ0v) is 13.8. The Morgan fingerprint density at radius 3 is 2.75 bits per heavy atom. The van der Waals surface area contributed by atoms with Gasteiger partial charge >= 0.3 is 5.82 Å². The third kappa shape index (κ3) is 3.57. The Hall–Kier alpha value is -2.80. The van der Waals surface area contributed by atoms with Crippen molar-refractivity contribution in [3.8, 4) is 16.3 Å². The van der Waals surface area contributed by atoms with Gasteiger partial charge in [0.05, 0.1) is 5.69 Å². The molecule has 2 aromatic heterocycles. The van der Waals surface area contributed by atoms with Crippen molar-refractivity contribution in [2.45, 2.75) is 20.0 Å². The number of nitrogens with zero attached hydrogens (tertiary/aromatic N) is 3. The van der Waals surface area contributed by atoms with Crippen LogP contribution in [0, 0.1) is 10.1 Å². The van der Waals surface area contributed by atoms with Crippen LogP contribution in [-0.4, -0.2) is 14.9 Å². The highest BCUT2D eigenvalue weighted by molar-refractivity contribution is 7.13. The number of pyridine rings is 1. The van der Waals surface area contributed by atoms with Crippen LogP contribution in [0.1, 0.15) is 18.2 Å². The lowest BCUT2D eigenvalue weighted by atomic mass is 10.1. The maximum absolute atomic E-state index is 10.9. The summed E-state index contributed by atoms with van der Waals surface area (Å²) in [6.07, 6.45) is 2.37. The highest BCUT2D eigenvalue weighted by atomic mass is 32.1. The lowest BCUT2D eigenvalue weighted by Crippen LogP contribution is -2.00. The summed E-state index contributed by atoms with van der Waals surface area (Å²) in [4.78, 5) is 18.6. The molecule has 3 aromatic rings. The number of thiazole rings is 1. The SMILES string of the molecule is CCc1ccc(-c2nc(COc3cccnc3[N+](=O)[O-])cs2)cc1. The molecule has 0 aliphatic carbocycles. The average Bonchev–Trinajstić information content (AvgIpc) is 3.09. The van der Waals surface area contributed by atoms with E-state index in [2.05, 4.69) is 29.0 Å². The van der Waals surface area contributed by atoms with Crippen LogP contribution >= 0.6 is 11.3 Å². The second-order valence-corrected chi connectivity index (χ2v) is 5.92. The van der Waals surface area contributed by atoms with E-state index >= 15 is 0 Å². The molecular formula is C17H15N3O3S. The molecule has 2 heterocycles. The lowest BCUT2D eigenvalue weighted by molar-refractivity contribution is -0.390. The molecule has 0 amide bonds. The summed E-state index contributed by atoms with van der Waals surface area (Å²) in [5, 5.41) is 13.7. The van der Waals surface area contributed by atoms with E-state index in [4.69, 9.17) is 4.74 Å². The molecule has 0 saturated heterocycles. The van der Waals surface area contributed by atoms with Crippen LogP contribution < -0.4 is 4.74 Å². The van der Waals surface area contributed by atoms with Crippen LogP contribution in [0.2, 0.25) is 0 Å². The van der Waals surface area contributed by atoms with Crippen LogP contribution in [0.15, 0.2) is 48.0 Å². The van der Waals surface area contributed by atoms with Gasteiger partial charge in [-0.2, -0.15) is 0 Å². The Morgan fingerprint density at radius 1 is 1.25 bits per heavy atom. The molecule has 0 bridgehead atoms. The summed E-state index contributed by atoms with van der Waals surface area (Å²) in [7, 11) is 0. The van der Waals surface area contributed by atoms with E-state index in [0.29, 0.717) is 0 Å². The van der Waals surface area contributed by atoms with E-state index in [-0.39, 0.29) is 18.2 Å². The lowest BCUT2D eigenvalue weighted by Gasteiger charge is -2.04. The number of aryl methyl sites for hydroxylation is 1. The summed E-state index contributed by atoms with van der Waals surface area (Å²) in [6, 6.07) is 11.4. The van der Waals surface area contributed by atoms with Gasteiger partial charge in [0.25, 0.3) is 0 Å². The van der Waals surface area contributed by atoms with Crippen LogP contribution in [0.5, 0.6) is 5.75 Å². The van der Waals surface area contributed by atoms with Crippen LogP contribution in [0.3, 0.4) is 0 Å². The summed E-state index contributed by atoms with van der Waals surface area (Å²) in [6.45, 7) is 2.28. The summed E-state index contributed by atoms with van der Waals surface area (Å²) < 4.78 is 5.51. The third-order valence-corrected chi connectivity index (χ3v) is 4.40. The molecule has 0 atom stereocenters. The molecule has 1 aromatic carbocycles. The van der Waals surface area contributed by atoms with E-state index in [1.165, 1.54) is 29.2 Å². The molecule has 24 heavy (non-hydrogen) atoms. The Bertz CT molecular complexity index is 846. The Morgan fingerprint density at radius 2 is 2.04 bits per heavy atom. The molecule has 6 nitrogen and oxygen atoms in total. The van der Waals surface area contributed by atoms with E-state index in [1.54, 1.807) is 6.07 Å². The minimum atomic E-state index is -0.558. The maximum atomic E-state index is 10.9. The number of benzene rings is 1. The topological polar surface area (TPSA) is 78.2 Å². The molecule has 0 N–H and O–H groups in total. The molecule has 0 radical (unpaired) electrons. The monoisotopic (exact) mass is 341 g/mol.